The highest BCUT2D eigenvalue weighted by Crippen LogP contribution is 2.27. The molecule has 0 saturated heterocycles. The molecule has 0 aliphatic carbocycles. The smallest absolute Gasteiger partial charge is 0.329 e. The lowest BCUT2D eigenvalue weighted by molar-refractivity contribution is -0.137. The number of rotatable bonds is 3. The van der Waals surface area contributed by atoms with E-state index in [2.05, 4.69) is 4.99 Å². The quantitative estimate of drug-likeness (QED) is 0.943. The van der Waals surface area contributed by atoms with Gasteiger partial charge in [0.25, 0.3) is 0 Å². The molecule has 0 amide bonds. The minimum absolute atomic E-state index is 0.505. The Bertz CT molecular complexity index is 711. The summed E-state index contributed by atoms with van der Waals surface area (Å²) in [5, 5.41) is 12.0. The number of hydrogen-bond donors (Lipinski definition) is 1. The van der Waals surface area contributed by atoms with Crippen LogP contribution in [0.25, 0.3) is 10.8 Å². The van der Waals surface area contributed by atoms with E-state index in [0.29, 0.717) is 5.75 Å². The first-order valence-corrected chi connectivity index (χ1v) is 7.17. The summed E-state index contributed by atoms with van der Waals surface area (Å²) in [7, 11) is 1.64. The number of benzene rings is 2. The molecule has 3 rings (SSSR count). The largest absolute Gasteiger partial charge is 0.497 e. The van der Waals surface area contributed by atoms with Crippen molar-refractivity contribution in [3.63, 3.8) is 0 Å². The topological polar surface area (TPSA) is 58.9 Å². The van der Waals surface area contributed by atoms with Gasteiger partial charge in [0.05, 0.1) is 12.2 Å². The van der Waals surface area contributed by atoms with Gasteiger partial charge in [-0.25, -0.2) is 4.79 Å². The van der Waals surface area contributed by atoms with Crippen LogP contribution < -0.4 is 4.74 Å². The number of thioether (sulfide) groups is 1. The molecule has 0 saturated carbocycles. The normalized spacial score (nSPS) is 18.1. The molecule has 1 atom stereocenters. The lowest BCUT2D eigenvalue weighted by Gasteiger charge is -2.05. The Morgan fingerprint density at radius 2 is 2.05 bits per heavy atom. The maximum absolute atomic E-state index is 10.9. The van der Waals surface area contributed by atoms with Gasteiger partial charge < -0.3 is 9.84 Å². The molecule has 1 N–H and O–H groups in total. The van der Waals surface area contributed by atoms with Crippen molar-refractivity contribution in [2.45, 2.75) is 6.04 Å². The summed E-state index contributed by atoms with van der Waals surface area (Å²) in [5.41, 5.74) is 0.969. The van der Waals surface area contributed by atoms with Crippen LogP contribution in [0.2, 0.25) is 0 Å². The second kappa shape index (κ2) is 5.17. The van der Waals surface area contributed by atoms with Crippen LogP contribution in [0, 0.1) is 0 Å². The van der Waals surface area contributed by atoms with E-state index >= 15 is 0 Å². The third-order valence-corrected chi connectivity index (χ3v) is 4.33. The summed E-state index contributed by atoms with van der Waals surface area (Å²) < 4.78 is 5.20. The first-order chi connectivity index (χ1) is 9.67. The van der Waals surface area contributed by atoms with Crippen molar-refractivity contribution in [2.75, 3.05) is 12.9 Å². The number of carbonyl (C=O) groups is 1. The Morgan fingerprint density at radius 3 is 2.75 bits per heavy atom. The zero-order valence-electron chi connectivity index (χ0n) is 10.9. The minimum atomic E-state index is -0.863. The molecule has 0 spiro atoms. The van der Waals surface area contributed by atoms with Crippen LogP contribution in [0.4, 0.5) is 0 Å². The third-order valence-electron chi connectivity index (χ3n) is 3.23. The highest BCUT2D eigenvalue weighted by atomic mass is 32.2. The van der Waals surface area contributed by atoms with E-state index in [-0.39, 0.29) is 0 Å². The summed E-state index contributed by atoms with van der Waals surface area (Å²) in [6.45, 7) is 0. The predicted molar refractivity (Wildman–Crippen MR) is 80.9 cm³/mol. The lowest BCUT2D eigenvalue weighted by Crippen LogP contribution is -2.17. The average molecular weight is 287 g/mol. The standard InChI is InChI=1S/C15H13NO3S/c1-19-12-5-4-9-6-11(3-2-10(9)7-12)14-16-13(8-20-14)15(17)18/h2-7,13H,8H2,1H3,(H,17,18)/t13-/m1/s1. The molecule has 0 fully saturated rings. The number of aliphatic imine (C=N–C) groups is 1. The van der Waals surface area contributed by atoms with E-state index in [9.17, 15) is 4.79 Å². The molecular weight excluding hydrogens is 274 g/mol. The van der Waals surface area contributed by atoms with E-state index in [4.69, 9.17) is 9.84 Å². The fourth-order valence-electron chi connectivity index (χ4n) is 2.14. The molecule has 5 heteroatoms. The molecule has 4 nitrogen and oxygen atoms in total. The van der Waals surface area contributed by atoms with Crippen LogP contribution >= 0.6 is 11.8 Å². The van der Waals surface area contributed by atoms with Crippen LogP contribution in [0.3, 0.4) is 0 Å². The van der Waals surface area contributed by atoms with Gasteiger partial charge in [0.1, 0.15) is 5.75 Å². The van der Waals surface area contributed by atoms with Gasteiger partial charge in [-0.15, -0.1) is 11.8 Å². The van der Waals surface area contributed by atoms with Crippen molar-refractivity contribution < 1.29 is 14.6 Å². The molecule has 102 valence electrons. The number of methoxy groups -OCH3 is 1. The van der Waals surface area contributed by atoms with Gasteiger partial charge in [0, 0.05) is 11.3 Å². The number of nitrogens with zero attached hydrogens (tertiary/aromatic N) is 1. The molecule has 0 radical (unpaired) electrons. The molecule has 20 heavy (non-hydrogen) atoms. The van der Waals surface area contributed by atoms with Gasteiger partial charge in [0.2, 0.25) is 0 Å². The monoisotopic (exact) mass is 287 g/mol. The zero-order chi connectivity index (χ0) is 14.1. The van der Waals surface area contributed by atoms with Gasteiger partial charge in [-0.2, -0.15) is 0 Å². The number of aliphatic carboxylic acids is 1. The Labute approximate surface area is 120 Å². The van der Waals surface area contributed by atoms with Crippen molar-refractivity contribution in [2.24, 2.45) is 4.99 Å². The maximum atomic E-state index is 10.9. The average Bonchev–Trinajstić information content (AvgIpc) is 2.96. The van der Waals surface area contributed by atoms with Crippen molar-refractivity contribution >= 4 is 33.5 Å². The number of carboxylic acids is 1. The van der Waals surface area contributed by atoms with Crippen molar-refractivity contribution in [1.82, 2.24) is 0 Å². The molecule has 0 aromatic heterocycles. The van der Waals surface area contributed by atoms with Crippen molar-refractivity contribution in [3.05, 3.63) is 42.0 Å². The zero-order valence-corrected chi connectivity index (χ0v) is 11.7. The highest BCUT2D eigenvalue weighted by molar-refractivity contribution is 8.14. The van der Waals surface area contributed by atoms with Gasteiger partial charge in [0.15, 0.2) is 6.04 Å². The highest BCUT2D eigenvalue weighted by Gasteiger charge is 2.25. The van der Waals surface area contributed by atoms with Crippen LogP contribution in [0.5, 0.6) is 5.75 Å². The van der Waals surface area contributed by atoms with Gasteiger partial charge in [-0.1, -0.05) is 18.2 Å². The van der Waals surface area contributed by atoms with E-state index in [1.807, 2.05) is 36.4 Å². The van der Waals surface area contributed by atoms with Gasteiger partial charge in [-0.05, 0) is 29.0 Å². The first-order valence-electron chi connectivity index (χ1n) is 6.19. The van der Waals surface area contributed by atoms with E-state index in [1.54, 1.807) is 7.11 Å². The molecule has 1 aliphatic rings. The summed E-state index contributed by atoms with van der Waals surface area (Å²) in [4.78, 5) is 15.2. The summed E-state index contributed by atoms with van der Waals surface area (Å²) in [6, 6.07) is 11.3. The first kappa shape index (κ1) is 13.0. The minimum Gasteiger partial charge on any atom is -0.497 e. The second-order valence-corrected chi connectivity index (χ2v) is 5.54. The van der Waals surface area contributed by atoms with E-state index in [0.717, 1.165) is 27.1 Å². The van der Waals surface area contributed by atoms with Crippen molar-refractivity contribution in [3.8, 4) is 5.75 Å². The molecule has 1 aliphatic heterocycles. The van der Waals surface area contributed by atoms with Gasteiger partial charge in [-0.3, -0.25) is 4.99 Å². The number of carboxylic acid groups (broad SMARTS) is 1. The Hall–Kier alpha value is -2.01. The third kappa shape index (κ3) is 2.36. The molecule has 0 bridgehead atoms. The Kier molecular flexibility index (Phi) is 3.36. The summed E-state index contributed by atoms with van der Waals surface area (Å²) in [6.07, 6.45) is 0. The summed E-state index contributed by atoms with van der Waals surface area (Å²) >= 11 is 1.49. The second-order valence-electron chi connectivity index (χ2n) is 4.53. The Balaban J connectivity index is 1.98. The summed E-state index contributed by atoms with van der Waals surface area (Å²) in [5.74, 6) is 0.465. The lowest BCUT2D eigenvalue weighted by atomic mass is 10.1. The van der Waals surface area contributed by atoms with E-state index < -0.39 is 12.0 Å². The number of hydrogen-bond acceptors (Lipinski definition) is 4. The van der Waals surface area contributed by atoms with Crippen LogP contribution in [0.15, 0.2) is 41.4 Å². The number of fused-ring (bicyclic) bond motifs is 1. The van der Waals surface area contributed by atoms with Crippen LogP contribution in [0.1, 0.15) is 5.56 Å². The molecule has 2 aromatic carbocycles. The van der Waals surface area contributed by atoms with Gasteiger partial charge >= 0.3 is 5.97 Å². The SMILES string of the molecule is COc1ccc2cc(C3=N[C@@H](C(=O)O)CS3)ccc2c1. The Morgan fingerprint density at radius 1 is 1.30 bits per heavy atom. The van der Waals surface area contributed by atoms with Crippen LogP contribution in [-0.4, -0.2) is 35.0 Å². The fourth-order valence-corrected chi connectivity index (χ4v) is 3.17. The maximum Gasteiger partial charge on any atom is 0.329 e. The molecule has 1 heterocycles. The molecular formula is C15H13NO3S. The fraction of sp³-hybridized carbons (Fsp3) is 0.200. The van der Waals surface area contributed by atoms with Crippen molar-refractivity contribution in [1.29, 1.82) is 0 Å². The molecule has 0 unspecified atom stereocenters. The molecule has 2 aromatic rings. The van der Waals surface area contributed by atoms with E-state index in [1.165, 1.54) is 11.8 Å². The number of ether oxygens (including phenoxy) is 1. The van der Waals surface area contributed by atoms with Crippen LogP contribution in [-0.2, 0) is 4.79 Å². The predicted octanol–water partition coefficient (Wildman–Crippen LogP) is 2.80.